The third kappa shape index (κ3) is 2.32. The molecule has 4 rings (SSSR count). The lowest BCUT2D eigenvalue weighted by Crippen LogP contribution is -2.42. The van der Waals surface area contributed by atoms with Gasteiger partial charge in [-0.2, -0.15) is 0 Å². The molecular formula is C19H19NO2S. The topological polar surface area (TPSA) is 38.3 Å². The van der Waals surface area contributed by atoms with E-state index in [4.69, 9.17) is 4.74 Å². The highest BCUT2D eigenvalue weighted by Gasteiger charge is 2.52. The number of carbonyl (C=O) groups is 1. The largest absolute Gasteiger partial charge is 0.497 e. The van der Waals surface area contributed by atoms with Crippen molar-refractivity contribution in [3.63, 3.8) is 0 Å². The number of Topliss-reactive ketones (excluding diaryl/α,β-unsaturated/α-hetero) is 1. The van der Waals surface area contributed by atoms with E-state index >= 15 is 0 Å². The van der Waals surface area contributed by atoms with Crippen LogP contribution in [0.4, 0.5) is 5.69 Å². The molecule has 0 amide bonds. The van der Waals surface area contributed by atoms with Crippen LogP contribution in [-0.2, 0) is 16.1 Å². The van der Waals surface area contributed by atoms with Gasteiger partial charge < -0.3 is 10.1 Å². The average molecular weight is 325 g/mol. The molecule has 0 aromatic heterocycles. The molecule has 2 atom stereocenters. The van der Waals surface area contributed by atoms with E-state index in [1.54, 1.807) is 18.9 Å². The Morgan fingerprint density at radius 1 is 1.17 bits per heavy atom. The molecule has 4 heteroatoms. The second-order valence-corrected chi connectivity index (χ2v) is 7.31. The number of fused-ring (bicyclic) bond motifs is 3. The highest BCUT2D eigenvalue weighted by Crippen LogP contribution is 2.54. The van der Waals surface area contributed by atoms with Crippen molar-refractivity contribution in [1.29, 1.82) is 0 Å². The van der Waals surface area contributed by atoms with E-state index in [1.807, 2.05) is 24.3 Å². The second kappa shape index (κ2) is 5.60. The predicted molar refractivity (Wildman–Crippen MR) is 94.0 cm³/mol. The van der Waals surface area contributed by atoms with Crippen LogP contribution in [0.15, 0.2) is 48.5 Å². The maximum atomic E-state index is 12.4. The molecule has 23 heavy (non-hydrogen) atoms. The Hall–Kier alpha value is -1.94. The summed E-state index contributed by atoms with van der Waals surface area (Å²) in [6.07, 6.45) is 1.91. The number of benzene rings is 2. The normalized spacial score (nSPS) is 25.6. The molecule has 2 aromatic rings. The lowest BCUT2D eigenvalue weighted by molar-refractivity contribution is -0.120. The molecule has 2 aromatic carbocycles. The van der Waals surface area contributed by atoms with Gasteiger partial charge in [-0.05, 0) is 48.2 Å². The Morgan fingerprint density at radius 3 is 2.74 bits per heavy atom. The van der Waals surface area contributed by atoms with Gasteiger partial charge in [0.2, 0.25) is 0 Å². The summed E-state index contributed by atoms with van der Waals surface area (Å²) in [4.78, 5) is 12.1. The van der Waals surface area contributed by atoms with E-state index in [9.17, 15) is 4.79 Å². The number of hydrogen-bond acceptors (Lipinski definition) is 4. The monoisotopic (exact) mass is 325 g/mol. The standard InChI is InChI=1S/C19H19NO2S/c1-22-15-9-7-14(8-10-15)20-19-16-5-3-2-4-13(16)6-11-17(19)18(21)12-23-19/h2-5,7-10,17,20H,6,11-12H2,1H3/t17-,19+/m1/s1. The highest BCUT2D eigenvalue weighted by atomic mass is 32.2. The number of aryl methyl sites for hydroxylation is 1. The van der Waals surface area contributed by atoms with E-state index in [1.165, 1.54) is 11.1 Å². The summed E-state index contributed by atoms with van der Waals surface area (Å²) in [7, 11) is 1.67. The summed E-state index contributed by atoms with van der Waals surface area (Å²) in [5.74, 6) is 1.83. The fourth-order valence-corrected chi connectivity index (χ4v) is 5.29. The van der Waals surface area contributed by atoms with E-state index in [0.717, 1.165) is 24.3 Å². The number of ether oxygens (including phenoxy) is 1. The summed E-state index contributed by atoms with van der Waals surface area (Å²) in [5, 5.41) is 3.68. The van der Waals surface area contributed by atoms with Crippen molar-refractivity contribution in [3.05, 3.63) is 59.7 Å². The van der Waals surface area contributed by atoms with Crippen molar-refractivity contribution >= 4 is 23.2 Å². The van der Waals surface area contributed by atoms with Crippen LogP contribution in [0.1, 0.15) is 17.5 Å². The van der Waals surface area contributed by atoms with Gasteiger partial charge in [0, 0.05) is 5.69 Å². The summed E-state index contributed by atoms with van der Waals surface area (Å²) >= 11 is 1.74. The summed E-state index contributed by atoms with van der Waals surface area (Å²) < 4.78 is 5.23. The SMILES string of the molecule is COc1ccc(N[C@@]23SCC(=O)[C@H]2CCc2ccccc23)cc1. The molecule has 1 aliphatic heterocycles. The third-order valence-corrected chi connectivity index (χ3v) is 6.35. The fraction of sp³-hybridized carbons (Fsp3) is 0.316. The van der Waals surface area contributed by atoms with Gasteiger partial charge >= 0.3 is 0 Å². The quantitative estimate of drug-likeness (QED) is 0.930. The van der Waals surface area contributed by atoms with Crippen LogP contribution in [0.3, 0.4) is 0 Å². The van der Waals surface area contributed by atoms with E-state index in [2.05, 4.69) is 29.6 Å². The number of hydrogen-bond donors (Lipinski definition) is 1. The second-order valence-electron chi connectivity index (χ2n) is 6.09. The van der Waals surface area contributed by atoms with E-state index in [0.29, 0.717) is 11.5 Å². The van der Waals surface area contributed by atoms with Crippen LogP contribution in [0.25, 0.3) is 0 Å². The number of carbonyl (C=O) groups excluding carboxylic acids is 1. The minimum absolute atomic E-state index is 0.0458. The van der Waals surface area contributed by atoms with Crippen molar-refractivity contribution in [2.24, 2.45) is 5.92 Å². The van der Waals surface area contributed by atoms with Crippen LogP contribution in [0, 0.1) is 5.92 Å². The Labute approximate surface area is 140 Å². The van der Waals surface area contributed by atoms with Crippen LogP contribution in [0.2, 0.25) is 0 Å². The van der Waals surface area contributed by atoms with Gasteiger partial charge in [-0.1, -0.05) is 24.3 Å². The lowest BCUT2D eigenvalue weighted by Gasteiger charge is -2.40. The summed E-state index contributed by atoms with van der Waals surface area (Å²) in [6, 6.07) is 16.4. The van der Waals surface area contributed by atoms with Crippen molar-refractivity contribution in [2.75, 3.05) is 18.2 Å². The molecule has 3 nitrogen and oxygen atoms in total. The molecule has 2 aliphatic rings. The first kappa shape index (κ1) is 14.6. The first-order chi connectivity index (χ1) is 11.2. The number of ketones is 1. The number of rotatable bonds is 3. The molecule has 1 N–H and O–H groups in total. The van der Waals surface area contributed by atoms with Gasteiger partial charge in [-0.15, -0.1) is 11.8 Å². The molecule has 0 bridgehead atoms. The molecule has 0 unspecified atom stereocenters. The minimum Gasteiger partial charge on any atom is -0.497 e. The lowest BCUT2D eigenvalue weighted by atomic mass is 9.77. The van der Waals surface area contributed by atoms with Crippen molar-refractivity contribution in [1.82, 2.24) is 0 Å². The Balaban J connectivity index is 1.77. The minimum atomic E-state index is -0.333. The number of nitrogens with one attached hydrogen (secondary N) is 1. The van der Waals surface area contributed by atoms with Gasteiger partial charge in [0.05, 0.1) is 18.8 Å². The molecule has 0 saturated carbocycles. The van der Waals surface area contributed by atoms with Crippen LogP contribution >= 0.6 is 11.8 Å². The van der Waals surface area contributed by atoms with Gasteiger partial charge in [-0.3, -0.25) is 4.79 Å². The van der Waals surface area contributed by atoms with Crippen molar-refractivity contribution < 1.29 is 9.53 Å². The van der Waals surface area contributed by atoms with Crippen molar-refractivity contribution in [3.8, 4) is 5.75 Å². The molecule has 1 fully saturated rings. The molecule has 1 saturated heterocycles. The summed E-state index contributed by atoms with van der Waals surface area (Å²) in [6.45, 7) is 0. The average Bonchev–Trinajstić information content (AvgIpc) is 2.93. The molecule has 118 valence electrons. The number of anilines is 1. The Kier molecular flexibility index (Phi) is 3.57. The van der Waals surface area contributed by atoms with E-state index < -0.39 is 0 Å². The third-order valence-electron chi connectivity index (χ3n) is 4.86. The van der Waals surface area contributed by atoms with Crippen LogP contribution < -0.4 is 10.1 Å². The smallest absolute Gasteiger partial charge is 0.149 e. The zero-order valence-corrected chi connectivity index (χ0v) is 13.9. The summed E-state index contributed by atoms with van der Waals surface area (Å²) in [5.41, 5.74) is 3.64. The maximum Gasteiger partial charge on any atom is 0.149 e. The zero-order chi connectivity index (χ0) is 15.9. The van der Waals surface area contributed by atoms with Gasteiger partial charge in [-0.25, -0.2) is 0 Å². The molecule has 1 aliphatic carbocycles. The van der Waals surface area contributed by atoms with E-state index in [-0.39, 0.29) is 10.8 Å². The first-order valence-electron chi connectivity index (χ1n) is 7.90. The first-order valence-corrected chi connectivity index (χ1v) is 8.89. The molecule has 0 radical (unpaired) electrons. The van der Waals surface area contributed by atoms with Crippen LogP contribution in [0.5, 0.6) is 5.75 Å². The fourth-order valence-electron chi connectivity index (χ4n) is 3.72. The van der Waals surface area contributed by atoms with Crippen molar-refractivity contribution in [2.45, 2.75) is 17.7 Å². The van der Waals surface area contributed by atoms with Gasteiger partial charge in [0.1, 0.15) is 16.4 Å². The number of thioether (sulfide) groups is 1. The van der Waals surface area contributed by atoms with Gasteiger partial charge in [0.25, 0.3) is 0 Å². The Morgan fingerprint density at radius 2 is 1.96 bits per heavy atom. The Bertz CT molecular complexity index is 743. The maximum absolute atomic E-state index is 12.4. The predicted octanol–water partition coefficient (Wildman–Crippen LogP) is 3.84. The molecule has 1 heterocycles. The molecule has 0 spiro atoms. The molecular weight excluding hydrogens is 306 g/mol. The van der Waals surface area contributed by atoms with Crippen LogP contribution in [-0.4, -0.2) is 18.6 Å². The highest BCUT2D eigenvalue weighted by molar-refractivity contribution is 8.01. The number of methoxy groups -OCH3 is 1. The zero-order valence-electron chi connectivity index (χ0n) is 13.0. The van der Waals surface area contributed by atoms with Gasteiger partial charge in [0.15, 0.2) is 0 Å².